The number of hydrogen-bond donors (Lipinski definition) is 1. The Bertz CT molecular complexity index is 1390. The van der Waals surface area contributed by atoms with Crippen molar-refractivity contribution in [2.24, 2.45) is 5.92 Å². The Balaban J connectivity index is 1.75. The molecule has 0 saturated carbocycles. The molecule has 2 N–H and O–H groups in total. The van der Waals surface area contributed by atoms with Gasteiger partial charge in [-0.3, -0.25) is 0 Å². The van der Waals surface area contributed by atoms with Gasteiger partial charge in [-0.2, -0.15) is 0 Å². The second kappa shape index (κ2) is 7.02. The number of nitrogens with two attached hydrogens (primary N) is 1. The molecular formula is C29H26N2. The highest BCUT2D eigenvalue weighted by Gasteiger charge is 2.22. The molecule has 2 heteroatoms. The number of nitrogens with zero attached hydrogens (tertiary/aromatic N) is 1. The number of para-hydroxylation sites is 2. The van der Waals surface area contributed by atoms with Gasteiger partial charge in [0.15, 0.2) is 0 Å². The Kier molecular flexibility index (Phi) is 4.14. The van der Waals surface area contributed by atoms with E-state index in [-0.39, 0.29) is 0 Å². The molecule has 0 bridgehead atoms. The van der Waals surface area contributed by atoms with Gasteiger partial charge in [0.1, 0.15) is 0 Å². The number of rotatable bonds is 1. The van der Waals surface area contributed by atoms with Crippen LogP contribution in [0, 0.1) is 5.92 Å². The minimum Gasteiger partial charge on any atom is -0.399 e. The fourth-order valence-corrected chi connectivity index (χ4v) is 5.37. The monoisotopic (exact) mass is 402 g/mol. The molecule has 152 valence electrons. The molecule has 1 aliphatic carbocycles. The first-order chi connectivity index (χ1) is 15.2. The van der Waals surface area contributed by atoms with Gasteiger partial charge in [0.2, 0.25) is 0 Å². The van der Waals surface area contributed by atoms with Gasteiger partial charge in [0.05, 0.1) is 16.7 Å². The molecule has 0 amide bonds. The average Bonchev–Trinajstić information content (AvgIpc) is 3.12. The molecule has 2 nitrogen and oxygen atoms in total. The number of hydrogen-bond acceptors (Lipinski definition) is 1. The topological polar surface area (TPSA) is 30.9 Å². The van der Waals surface area contributed by atoms with Crippen LogP contribution in [-0.2, 0) is 12.8 Å². The van der Waals surface area contributed by atoms with Crippen LogP contribution in [0.15, 0.2) is 84.9 Å². The van der Waals surface area contributed by atoms with Crippen LogP contribution >= 0.6 is 0 Å². The molecule has 0 spiro atoms. The van der Waals surface area contributed by atoms with Crippen LogP contribution in [0.25, 0.3) is 38.6 Å². The molecule has 1 heterocycles. The minimum atomic E-state index is 0.613. The van der Waals surface area contributed by atoms with Crippen molar-refractivity contribution >= 4 is 27.5 Å². The Morgan fingerprint density at radius 3 is 2.16 bits per heavy atom. The largest absolute Gasteiger partial charge is 0.399 e. The Morgan fingerprint density at radius 2 is 1.42 bits per heavy atom. The molecule has 0 radical (unpaired) electrons. The maximum absolute atomic E-state index is 6.55. The van der Waals surface area contributed by atoms with Crippen molar-refractivity contribution in [3.8, 4) is 16.8 Å². The van der Waals surface area contributed by atoms with Crippen molar-refractivity contribution in [1.29, 1.82) is 0 Å². The van der Waals surface area contributed by atoms with Crippen LogP contribution < -0.4 is 5.73 Å². The summed E-state index contributed by atoms with van der Waals surface area (Å²) in [7, 11) is 0. The van der Waals surface area contributed by atoms with E-state index in [2.05, 4.69) is 96.4 Å². The number of anilines is 1. The van der Waals surface area contributed by atoms with Crippen molar-refractivity contribution in [3.63, 3.8) is 0 Å². The number of fused-ring (bicyclic) bond motifs is 6. The quantitative estimate of drug-likeness (QED) is 0.296. The van der Waals surface area contributed by atoms with E-state index in [1.165, 1.54) is 56.2 Å². The second-order valence-corrected chi connectivity index (χ2v) is 8.94. The van der Waals surface area contributed by atoms with Crippen LogP contribution in [-0.4, -0.2) is 4.57 Å². The van der Waals surface area contributed by atoms with Gasteiger partial charge in [-0.1, -0.05) is 67.6 Å². The fraction of sp³-hybridized carbons (Fsp3) is 0.172. The van der Waals surface area contributed by atoms with Crippen molar-refractivity contribution in [3.05, 3.63) is 96.1 Å². The first-order valence-electron chi connectivity index (χ1n) is 11.2. The smallest absolute Gasteiger partial charge is 0.0541 e. The minimum absolute atomic E-state index is 0.613. The Morgan fingerprint density at radius 1 is 0.774 bits per heavy atom. The highest BCUT2D eigenvalue weighted by Crippen LogP contribution is 2.41. The van der Waals surface area contributed by atoms with Gasteiger partial charge in [0.25, 0.3) is 0 Å². The van der Waals surface area contributed by atoms with E-state index >= 15 is 0 Å². The molecule has 4 aromatic carbocycles. The summed E-state index contributed by atoms with van der Waals surface area (Å²) in [5.74, 6) is 0.613. The molecule has 0 saturated heterocycles. The van der Waals surface area contributed by atoms with Crippen molar-refractivity contribution in [2.45, 2.75) is 26.2 Å². The highest BCUT2D eigenvalue weighted by atomic mass is 15.0. The zero-order chi connectivity index (χ0) is 20.9. The van der Waals surface area contributed by atoms with Crippen LogP contribution in [0.3, 0.4) is 0 Å². The van der Waals surface area contributed by atoms with Gasteiger partial charge >= 0.3 is 0 Å². The maximum atomic E-state index is 6.55. The summed E-state index contributed by atoms with van der Waals surface area (Å²) in [4.78, 5) is 0. The summed E-state index contributed by atoms with van der Waals surface area (Å²) < 4.78 is 2.43. The van der Waals surface area contributed by atoms with Gasteiger partial charge in [0, 0.05) is 16.5 Å². The van der Waals surface area contributed by atoms with E-state index in [4.69, 9.17) is 5.73 Å². The lowest BCUT2D eigenvalue weighted by Gasteiger charge is -2.25. The molecule has 5 aromatic rings. The highest BCUT2D eigenvalue weighted by molar-refractivity contribution is 6.09. The summed E-state index contributed by atoms with van der Waals surface area (Å²) in [6.07, 6.45) is 3.38. The summed E-state index contributed by atoms with van der Waals surface area (Å²) in [5, 5.41) is 2.57. The standard InChI is InChI=1S/C29H26N2/c1-19-14-15-20-8-2-3-9-22(20)25-17-21(30)18-29(26(25)16-19)31-27-12-6-4-10-23(27)24-11-5-7-13-28(24)31/h2-13,17-19H,14-16,30H2,1H3. The van der Waals surface area contributed by atoms with Gasteiger partial charge in [-0.15, -0.1) is 0 Å². The summed E-state index contributed by atoms with van der Waals surface area (Å²) in [6.45, 7) is 2.38. The second-order valence-electron chi connectivity index (χ2n) is 8.94. The first-order valence-corrected chi connectivity index (χ1v) is 11.2. The van der Waals surface area contributed by atoms with Crippen molar-refractivity contribution in [2.75, 3.05) is 5.73 Å². The van der Waals surface area contributed by atoms with E-state index in [0.717, 1.165) is 18.5 Å². The van der Waals surface area contributed by atoms with E-state index in [9.17, 15) is 0 Å². The van der Waals surface area contributed by atoms with Gasteiger partial charge in [-0.05, 0) is 71.7 Å². The zero-order valence-electron chi connectivity index (χ0n) is 17.8. The average molecular weight is 403 g/mol. The molecule has 0 aliphatic heterocycles. The van der Waals surface area contributed by atoms with E-state index in [0.29, 0.717) is 5.92 Å². The summed E-state index contributed by atoms with van der Waals surface area (Å²) in [5.41, 5.74) is 16.5. The molecular weight excluding hydrogens is 376 g/mol. The Hall–Kier alpha value is -3.52. The molecule has 1 aromatic heterocycles. The summed E-state index contributed by atoms with van der Waals surface area (Å²) in [6, 6.07) is 30.6. The lowest BCUT2D eigenvalue weighted by molar-refractivity contribution is 0.527. The predicted octanol–water partition coefficient (Wildman–Crippen LogP) is 7.16. The SMILES string of the molecule is CC1CCc2ccccc2-c2cc(N)cc(-n3c4ccccc4c4ccccc43)c2C1. The van der Waals surface area contributed by atoms with Crippen LogP contribution in [0.5, 0.6) is 0 Å². The first kappa shape index (κ1) is 18.3. The lowest BCUT2D eigenvalue weighted by atomic mass is 9.83. The van der Waals surface area contributed by atoms with E-state index in [1.807, 2.05) is 0 Å². The Labute approximate surface area is 182 Å². The predicted molar refractivity (Wildman–Crippen MR) is 132 cm³/mol. The van der Waals surface area contributed by atoms with Gasteiger partial charge in [-0.25, -0.2) is 0 Å². The third-order valence-corrected chi connectivity index (χ3v) is 6.84. The maximum Gasteiger partial charge on any atom is 0.0541 e. The molecule has 1 unspecified atom stereocenters. The summed E-state index contributed by atoms with van der Waals surface area (Å²) >= 11 is 0. The number of aryl methyl sites for hydroxylation is 1. The fourth-order valence-electron chi connectivity index (χ4n) is 5.37. The van der Waals surface area contributed by atoms with Crippen molar-refractivity contribution in [1.82, 2.24) is 4.57 Å². The molecule has 31 heavy (non-hydrogen) atoms. The van der Waals surface area contributed by atoms with E-state index < -0.39 is 0 Å². The number of benzene rings is 4. The zero-order valence-corrected chi connectivity index (χ0v) is 17.8. The number of nitrogen functional groups attached to an aromatic ring is 1. The van der Waals surface area contributed by atoms with Crippen LogP contribution in [0.4, 0.5) is 5.69 Å². The third-order valence-electron chi connectivity index (χ3n) is 6.84. The normalized spacial score (nSPS) is 16.0. The van der Waals surface area contributed by atoms with E-state index in [1.54, 1.807) is 0 Å². The lowest BCUT2D eigenvalue weighted by Crippen LogP contribution is -2.12. The molecule has 0 fully saturated rings. The molecule has 6 rings (SSSR count). The van der Waals surface area contributed by atoms with Gasteiger partial charge < -0.3 is 10.3 Å². The van der Waals surface area contributed by atoms with Crippen molar-refractivity contribution < 1.29 is 0 Å². The van der Waals surface area contributed by atoms with Crippen LogP contribution in [0.2, 0.25) is 0 Å². The van der Waals surface area contributed by atoms with Crippen LogP contribution in [0.1, 0.15) is 24.5 Å². The molecule has 1 aliphatic rings. The number of aromatic nitrogens is 1. The molecule has 1 atom stereocenters. The third kappa shape index (κ3) is 2.86.